The Hall–Kier alpha value is -4.53. The van der Waals surface area contributed by atoms with Crippen molar-refractivity contribution < 1.29 is 19.5 Å². The number of carboxylic acid groups (broad SMARTS) is 1. The van der Waals surface area contributed by atoms with Crippen LogP contribution < -0.4 is 15.5 Å². The Morgan fingerprint density at radius 1 is 1.02 bits per heavy atom. The number of nitroso groups, excluding NO2 is 1. The number of hydrogen-bond donors (Lipinski definition) is 3. The molecule has 0 aromatic heterocycles. The fourth-order valence-electron chi connectivity index (χ4n) is 6.13. The molecule has 1 aliphatic heterocycles. The van der Waals surface area contributed by atoms with Crippen molar-refractivity contribution in [1.82, 2.24) is 0 Å². The summed E-state index contributed by atoms with van der Waals surface area (Å²) < 4.78 is 0. The molecule has 0 atom stereocenters. The van der Waals surface area contributed by atoms with Crippen molar-refractivity contribution in [2.24, 2.45) is 5.18 Å². The van der Waals surface area contributed by atoms with Crippen LogP contribution in [0.1, 0.15) is 70.4 Å². The van der Waals surface area contributed by atoms with E-state index in [4.69, 9.17) is 5.11 Å². The molecule has 2 aliphatic rings. The zero-order valence-corrected chi connectivity index (χ0v) is 25.1. The first-order valence-electron chi connectivity index (χ1n) is 14.7. The van der Waals surface area contributed by atoms with Crippen LogP contribution in [0.4, 0.5) is 17.1 Å². The molecule has 0 bridgehead atoms. The van der Waals surface area contributed by atoms with Gasteiger partial charge in [-0.25, -0.2) is 0 Å². The average Bonchev–Trinajstić information content (AvgIpc) is 3.16. The number of carbonyl (C=O) groups excluding carboxylic acids is 2. The van der Waals surface area contributed by atoms with Crippen LogP contribution in [0.5, 0.6) is 0 Å². The first-order chi connectivity index (χ1) is 20.6. The zero-order chi connectivity index (χ0) is 31.0. The molecule has 1 heterocycles. The van der Waals surface area contributed by atoms with Crippen molar-refractivity contribution in [3.05, 3.63) is 94.6 Å². The van der Waals surface area contributed by atoms with E-state index in [9.17, 15) is 19.3 Å². The number of anilines is 3. The molecule has 0 spiro atoms. The van der Waals surface area contributed by atoms with Crippen LogP contribution in [-0.4, -0.2) is 36.0 Å². The average molecular weight is 585 g/mol. The Bertz CT molecular complexity index is 1470. The third-order valence-corrected chi connectivity index (χ3v) is 8.45. The molecular formula is C34H40N4O5. The second-order valence-electron chi connectivity index (χ2n) is 11.7. The van der Waals surface area contributed by atoms with Gasteiger partial charge in [-0.1, -0.05) is 62.8 Å². The maximum Gasteiger partial charge on any atom is 0.305 e. The molecule has 1 fully saturated rings. The van der Waals surface area contributed by atoms with Crippen LogP contribution in [0.2, 0.25) is 0 Å². The van der Waals surface area contributed by atoms with Crippen LogP contribution in [0.15, 0.2) is 83.7 Å². The molecule has 0 saturated heterocycles. The number of carbonyl (C=O) groups is 3. The van der Waals surface area contributed by atoms with E-state index in [-0.39, 0.29) is 29.6 Å². The lowest BCUT2D eigenvalue weighted by molar-refractivity contribution is -0.136. The normalized spacial score (nSPS) is 17.6. The SMILES string of the molecule is CC(=O)Nc1ccc(NCCC(=O)O)c(C2(C/C=C/C=C/C=C3/N(CCC(=O)N=O)c4ccccc4C3(C)C)CCC2)c1. The standard InChI is InChI=1S/C34H40N4O5/c1-24(39)36-25-14-15-28(35-21-16-32(41)42)27(23-25)34(19-10-20-34)18-9-5-4-6-13-30-33(2,3)26-11-7-8-12-29(26)38(30)22-17-31(40)37-43/h4-9,11-15,23,35H,10,16-22H2,1-3H3,(H,36,39)(H,41,42)/b6-4+,9-5+,30-13+. The Balaban J connectivity index is 1.52. The molecule has 3 N–H and O–H groups in total. The largest absolute Gasteiger partial charge is 0.481 e. The summed E-state index contributed by atoms with van der Waals surface area (Å²) in [6, 6.07) is 13.9. The van der Waals surface area contributed by atoms with Crippen molar-refractivity contribution in [3.63, 3.8) is 0 Å². The van der Waals surface area contributed by atoms with Crippen LogP contribution in [0.3, 0.4) is 0 Å². The van der Waals surface area contributed by atoms with Gasteiger partial charge in [-0.15, -0.1) is 4.91 Å². The summed E-state index contributed by atoms with van der Waals surface area (Å²) in [5.41, 5.74) is 5.57. The van der Waals surface area contributed by atoms with Gasteiger partial charge in [-0.2, -0.15) is 0 Å². The van der Waals surface area contributed by atoms with Crippen LogP contribution in [0.25, 0.3) is 0 Å². The van der Waals surface area contributed by atoms with Gasteiger partial charge in [-0.05, 0) is 60.7 Å². The summed E-state index contributed by atoms with van der Waals surface area (Å²) in [5.74, 6) is -1.65. The van der Waals surface area contributed by atoms with Gasteiger partial charge in [0, 0.05) is 58.8 Å². The minimum Gasteiger partial charge on any atom is -0.481 e. The summed E-state index contributed by atoms with van der Waals surface area (Å²) in [6.07, 6.45) is 14.2. The van der Waals surface area contributed by atoms with Gasteiger partial charge in [-0.3, -0.25) is 14.4 Å². The molecule has 2 aromatic carbocycles. The molecule has 1 aliphatic carbocycles. The fraction of sp³-hybridized carbons (Fsp3) is 0.382. The maximum atomic E-state index is 11.7. The molecule has 2 amide bonds. The van der Waals surface area contributed by atoms with E-state index in [1.807, 2.05) is 54.6 Å². The lowest BCUT2D eigenvalue weighted by Crippen LogP contribution is -2.34. The van der Waals surface area contributed by atoms with E-state index in [0.29, 0.717) is 13.1 Å². The Labute approximate surface area is 252 Å². The number of benzene rings is 2. The highest BCUT2D eigenvalue weighted by molar-refractivity contribution is 5.89. The summed E-state index contributed by atoms with van der Waals surface area (Å²) in [7, 11) is 0. The minimum absolute atomic E-state index is 0.0175. The molecule has 9 heteroatoms. The number of hydrogen-bond acceptors (Lipinski definition) is 6. The van der Waals surface area contributed by atoms with E-state index < -0.39 is 11.9 Å². The first kappa shape index (κ1) is 31.4. The topological polar surface area (TPSA) is 128 Å². The smallest absolute Gasteiger partial charge is 0.305 e. The van der Waals surface area contributed by atoms with Gasteiger partial charge in [0.2, 0.25) is 5.91 Å². The third kappa shape index (κ3) is 7.28. The van der Waals surface area contributed by atoms with Crippen molar-refractivity contribution in [3.8, 4) is 0 Å². The molecule has 9 nitrogen and oxygen atoms in total. The van der Waals surface area contributed by atoms with Crippen LogP contribution >= 0.6 is 0 Å². The fourth-order valence-corrected chi connectivity index (χ4v) is 6.13. The number of fused-ring (bicyclic) bond motifs is 1. The third-order valence-electron chi connectivity index (χ3n) is 8.45. The molecular weight excluding hydrogens is 544 g/mol. The van der Waals surface area contributed by atoms with E-state index in [0.717, 1.165) is 59.6 Å². The lowest BCUT2D eigenvalue weighted by atomic mass is 9.62. The second-order valence-corrected chi connectivity index (χ2v) is 11.7. The van der Waals surface area contributed by atoms with Crippen molar-refractivity contribution in [2.45, 2.75) is 70.1 Å². The number of amides is 2. The molecule has 0 radical (unpaired) electrons. The molecule has 2 aromatic rings. The van der Waals surface area contributed by atoms with Gasteiger partial charge >= 0.3 is 5.97 Å². The van der Waals surface area contributed by atoms with Gasteiger partial charge in [0.25, 0.3) is 5.91 Å². The van der Waals surface area contributed by atoms with E-state index in [2.05, 4.69) is 52.8 Å². The monoisotopic (exact) mass is 584 g/mol. The highest BCUT2D eigenvalue weighted by Gasteiger charge is 2.40. The maximum absolute atomic E-state index is 11.7. The summed E-state index contributed by atoms with van der Waals surface area (Å²) in [4.78, 5) is 47.2. The van der Waals surface area contributed by atoms with Gasteiger partial charge in [0.1, 0.15) is 0 Å². The number of rotatable bonds is 13. The number of carboxylic acids is 1. The predicted octanol–water partition coefficient (Wildman–Crippen LogP) is 6.82. The van der Waals surface area contributed by atoms with E-state index in [1.54, 1.807) is 0 Å². The molecule has 226 valence electrons. The van der Waals surface area contributed by atoms with Crippen LogP contribution in [0, 0.1) is 4.91 Å². The minimum atomic E-state index is -0.855. The summed E-state index contributed by atoms with van der Waals surface area (Å²) in [6.45, 7) is 6.48. The predicted molar refractivity (Wildman–Crippen MR) is 170 cm³/mol. The zero-order valence-electron chi connectivity index (χ0n) is 25.1. The molecule has 43 heavy (non-hydrogen) atoms. The van der Waals surface area contributed by atoms with Gasteiger partial charge in [0.05, 0.1) is 12.8 Å². The summed E-state index contributed by atoms with van der Waals surface area (Å²) in [5, 5.41) is 17.8. The highest BCUT2D eigenvalue weighted by atomic mass is 16.4. The lowest BCUT2D eigenvalue weighted by Gasteiger charge is -2.43. The van der Waals surface area contributed by atoms with Gasteiger partial charge in [0.15, 0.2) is 0 Å². The van der Waals surface area contributed by atoms with E-state index >= 15 is 0 Å². The van der Waals surface area contributed by atoms with Crippen molar-refractivity contribution in [2.75, 3.05) is 28.6 Å². The number of nitrogens with zero attached hydrogens (tertiary/aromatic N) is 2. The molecule has 4 rings (SSSR count). The second kappa shape index (κ2) is 13.6. The Morgan fingerprint density at radius 3 is 2.47 bits per heavy atom. The quantitative estimate of drug-likeness (QED) is 0.174. The Kier molecular flexibility index (Phi) is 9.95. The number of para-hydroxylation sites is 1. The van der Waals surface area contributed by atoms with Crippen LogP contribution in [-0.2, 0) is 25.2 Å². The van der Waals surface area contributed by atoms with Gasteiger partial charge < -0.3 is 20.6 Å². The number of allylic oxidation sites excluding steroid dienone is 6. The summed E-state index contributed by atoms with van der Waals surface area (Å²) >= 11 is 0. The first-order valence-corrected chi connectivity index (χ1v) is 14.7. The van der Waals surface area contributed by atoms with Crippen molar-refractivity contribution >= 4 is 34.8 Å². The van der Waals surface area contributed by atoms with E-state index in [1.165, 1.54) is 6.92 Å². The molecule has 0 unspecified atom stereocenters. The number of aliphatic carboxylic acids is 1. The van der Waals surface area contributed by atoms with Crippen molar-refractivity contribution in [1.29, 1.82) is 0 Å². The number of nitrogens with one attached hydrogen (secondary N) is 2. The highest BCUT2D eigenvalue weighted by Crippen LogP contribution is 2.50. The molecule has 1 saturated carbocycles. The Morgan fingerprint density at radius 2 is 1.79 bits per heavy atom.